The van der Waals surface area contributed by atoms with Gasteiger partial charge in [0.05, 0.1) is 11.2 Å². The topological polar surface area (TPSA) is 67.8 Å². The first-order valence-electron chi connectivity index (χ1n) is 7.96. The molecule has 25 heavy (non-hydrogen) atoms. The second kappa shape index (κ2) is 6.22. The highest BCUT2D eigenvalue weighted by molar-refractivity contribution is 7.99. The smallest absolute Gasteiger partial charge is 0.272 e. The number of H-pyrrole nitrogens is 1. The molecule has 0 amide bonds. The molecule has 0 saturated carbocycles. The van der Waals surface area contributed by atoms with Gasteiger partial charge in [0, 0.05) is 5.39 Å². The minimum absolute atomic E-state index is 0.0861. The van der Waals surface area contributed by atoms with Crippen LogP contribution in [0, 0.1) is 0 Å². The lowest BCUT2D eigenvalue weighted by Gasteiger charge is -2.12. The van der Waals surface area contributed by atoms with Crippen LogP contribution in [0.4, 0.5) is 0 Å². The fourth-order valence-corrected chi connectivity index (χ4v) is 3.61. The van der Waals surface area contributed by atoms with Crippen molar-refractivity contribution in [3.63, 3.8) is 0 Å². The van der Waals surface area contributed by atoms with Crippen LogP contribution in [0.15, 0.2) is 69.3 Å². The number of hydrogen-bond acceptors (Lipinski definition) is 4. The zero-order valence-corrected chi connectivity index (χ0v) is 14.3. The fraction of sp³-hybridized carbons (Fsp3) is 0.105. The van der Waals surface area contributed by atoms with Gasteiger partial charge in [0.25, 0.3) is 5.56 Å². The van der Waals surface area contributed by atoms with Gasteiger partial charge in [-0.25, -0.2) is 4.98 Å². The summed E-state index contributed by atoms with van der Waals surface area (Å²) in [6.07, 6.45) is 0. The summed E-state index contributed by atoms with van der Waals surface area (Å²) in [4.78, 5) is 33.8. The van der Waals surface area contributed by atoms with E-state index in [2.05, 4.69) is 9.97 Å². The third kappa shape index (κ3) is 2.55. The number of nitrogens with one attached hydrogen (secondary N) is 1. The van der Waals surface area contributed by atoms with Gasteiger partial charge in [-0.1, -0.05) is 49.0 Å². The van der Waals surface area contributed by atoms with E-state index in [4.69, 9.17) is 0 Å². The summed E-state index contributed by atoms with van der Waals surface area (Å²) >= 11 is 1.47. The Balaban J connectivity index is 2.18. The van der Waals surface area contributed by atoms with E-state index >= 15 is 0 Å². The SMILES string of the molecule is CCSc1nc2[nH]c3ccccc3c(=O)c2c(=O)n1-c1ccccc1. The molecule has 6 heteroatoms. The zero-order valence-electron chi connectivity index (χ0n) is 13.5. The van der Waals surface area contributed by atoms with Crippen molar-refractivity contribution in [3.8, 4) is 5.69 Å². The molecule has 124 valence electrons. The van der Waals surface area contributed by atoms with Gasteiger partial charge in [0.15, 0.2) is 5.16 Å². The first-order valence-corrected chi connectivity index (χ1v) is 8.95. The van der Waals surface area contributed by atoms with E-state index in [1.54, 1.807) is 12.1 Å². The first-order chi connectivity index (χ1) is 12.2. The number of aromatic amines is 1. The van der Waals surface area contributed by atoms with Crippen molar-refractivity contribution < 1.29 is 0 Å². The Bertz CT molecular complexity index is 1200. The van der Waals surface area contributed by atoms with E-state index in [0.717, 1.165) is 5.75 Å². The average Bonchev–Trinajstić information content (AvgIpc) is 2.63. The van der Waals surface area contributed by atoms with Gasteiger partial charge in [-0.2, -0.15) is 0 Å². The van der Waals surface area contributed by atoms with Crippen molar-refractivity contribution in [3.05, 3.63) is 75.2 Å². The van der Waals surface area contributed by atoms with Crippen LogP contribution in [-0.4, -0.2) is 20.3 Å². The lowest BCUT2D eigenvalue weighted by Crippen LogP contribution is -2.26. The van der Waals surface area contributed by atoms with Crippen LogP contribution < -0.4 is 11.0 Å². The molecule has 0 spiro atoms. The van der Waals surface area contributed by atoms with Crippen molar-refractivity contribution >= 4 is 33.7 Å². The standard InChI is InChI=1S/C19H15N3O2S/c1-2-25-19-21-17-15(16(23)13-10-6-7-11-14(13)20-17)18(24)22(19)12-8-4-3-5-9-12/h3-11H,2H2,1H3,(H,20,23). The number of thioether (sulfide) groups is 1. The Labute approximate surface area is 147 Å². The Hall–Kier alpha value is -2.86. The van der Waals surface area contributed by atoms with Crippen LogP contribution in [0.3, 0.4) is 0 Å². The molecule has 4 rings (SSSR count). The molecule has 0 aliphatic carbocycles. The molecule has 2 aromatic heterocycles. The Morgan fingerprint density at radius 2 is 1.76 bits per heavy atom. The predicted octanol–water partition coefficient (Wildman–Crippen LogP) is 3.34. The second-order valence-electron chi connectivity index (χ2n) is 5.53. The molecule has 0 bridgehead atoms. The average molecular weight is 349 g/mol. The summed E-state index contributed by atoms with van der Waals surface area (Å²) < 4.78 is 1.51. The van der Waals surface area contributed by atoms with Crippen molar-refractivity contribution in [2.75, 3.05) is 5.75 Å². The lowest BCUT2D eigenvalue weighted by molar-refractivity contribution is 0.815. The Morgan fingerprint density at radius 3 is 2.52 bits per heavy atom. The molecule has 4 aromatic rings. The van der Waals surface area contributed by atoms with Gasteiger partial charge in [0.1, 0.15) is 11.0 Å². The van der Waals surface area contributed by atoms with E-state index in [-0.39, 0.29) is 16.4 Å². The van der Waals surface area contributed by atoms with Crippen LogP contribution in [0.2, 0.25) is 0 Å². The quantitative estimate of drug-likeness (QED) is 0.350. The third-order valence-electron chi connectivity index (χ3n) is 3.99. The first kappa shape index (κ1) is 15.7. The van der Waals surface area contributed by atoms with Crippen molar-refractivity contribution in [1.82, 2.24) is 14.5 Å². The molecule has 0 aliphatic heterocycles. The third-order valence-corrected chi connectivity index (χ3v) is 4.81. The minimum Gasteiger partial charge on any atom is -0.339 e. The largest absolute Gasteiger partial charge is 0.339 e. The number of pyridine rings is 1. The van der Waals surface area contributed by atoms with Gasteiger partial charge in [-0.15, -0.1) is 0 Å². The molecule has 2 aromatic carbocycles. The van der Waals surface area contributed by atoms with Gasteiger partial charge < -0.3 is 4.98 Å². The summed E-state index contributed by atoms with van der Waals surface area (Å²) in [6, 6.07) is 16.4. The summed E-state index contributed by atoms with van der Waals surface area (Å²) in [6.45, 7) is 2.00. The van der Waals surface area contributed by atoms with Crippen molar-refractivity contribution in [2.24, 2.45) is 0 Å². The van der Waals surface area contributed by atoms with Gasteiger partial charge in [-0.3, -0.25) is 14.2 Å². The van der Waals surface area contributed by atoms with Crippen LogP contribution in [0.1, 0.15) is 6.92 Å². The highest BCUT2D eigenvalue weighted by atomic mass is 32.2. The van der Waals surface area contributed by atoms with Crippen LogP contribution in [-0.2, 0) is 0 Å². The lowest BCUT2D eigenvalue weighted by atomic mass is 10.2. The normalized spacial score (nSPS) is 11.2. The summed E-state index contributed by atoms with van der Waals surface area (Å²) in [5.41, 5.74) is 1.07. The molecule has 1 N–H and O–H groups in total. The van der Waals surface area contributed by atoms with Crippen LogP contribution in [0.5, 0.6) is 0 Å². The van der Waals surface area contributed by atoms with Gasteiger partial charge in [0.2, 0.25) is 5.43 Å². The van der Waals surface area contributed by atoms with Crippen molar-refractivity contribution in [2.45, 2.75) is 12.1 Å². The number of benzene rings is 2. The van der Waals surface area contributed by atoms with Crippen molar-refractivity contribution in [1.29, 1.82) is 0 Å². The second-order valence-corrected chi connectivity index (χ2v) is 6.76. The predicted molar refractivity (Wildman–Crippen MR) is 102 cm³/mol. The molecule has 0 aliphatic rings. The zero-order chi connectivity index (χ0) is 17.4. The van der Waals surface area contributed by atoms with Crippen LogP contribution >= 0.6 is 11.8 Å². The number of fused-ring (bicyclic) bond motifs is 2. The number of rotatable bonds is 3. The van der Waals surface area contributed by atoms with E-state index in [9.17, 15) is 9.59 Å². The molecule has 0 radical (unpaired) electrons. The Morgan fingerprint density at radius 1 is 1.04 bits per heavy atom. The molecule has 2 heterocycles. The number of aromatic nitrogens is 3. The van der Waals surface area contributed by atoms with Gasteiger partial charge >= 0.3 is 0 Å². The number of para-hydroxylation sites is 2. The highest BCUT2D eigenvalue weighted by Crippen LogP contribution is 2.20. The van der Waals surface area contributed by atoms with E-state index in [1.165, 1.54) is 16.3 Å². The molecule has 0 fully saturated rings. The molecule has 0 saturated heterocycles. The van der Waals surface area contributed by atoms with E-state index < -0.39 is 0 Å². The molecular weight excluding hydrogens is 334 g/mol. The fourth-order valence-electron chi connectivity index (χ4n) is 2.88. The maximum atomic E-state index is 13.2. The number of hydrogen-bond donors (Lipinski definition) is 1. The molecule has 0 atom stereocenters. The molecule has 5 nitrogen and oxygen atoms in total. The monoisotopic (exact) mass is 349 g/mol. The number of nitrogens with zero attached hydrogens (tertiary/aromatic N) is 2. The van der Waals surface area contributed by atoms with E-state index in [1.807, 2.05) is 49.4 Å². The summed E-state index contributed by atoms with van der Waals surface area (Å²) in [7, 11) is 0. The molecular formula is C19H15N3O2S. The summed E-state index contributed by atoms with van der Waals surface area (Å²) in [5.74, 6) is 0.766. The van der Waals surface area contributed by atoms with E-state index in [0.29, 0.717) is 27.4 Å². The van der Waals surface area contributed by atoms with Crippen LogP contribution in [0.25, 0.3) is 27.6 Å². The minimum atomic E-state index is -0.348. The maximum absolute atomic E-state index is 13.2. The summed E-state index contributed by atoms with van der Waals surface area (Å²) in [5, 5.41) is 1.14. The Kier molecular flexibility index (Phi) is 3.89. The maximum Gasteiger partial charge on any atom is 0.272 e. The van der Waals surface area contributed by atoms with Gasteiger partial charge in [-0.05, 0) is 30.0 Å². The molecule has 0 unspecified atom stereocenters. The highest BCUT2D eigenvalue weighted by Gasteiger charge is 2.17.